The summed E-state index contributed by atoms with van der Waals surface area (Å²) in [5.41, 5.74) is 3.42. The first-order chi connectivity index (χ1) is 13.7. The van der Waals surface area contributed by atoms with Crippen molar-refractivity contribution in [2.45, 2.75) is 12.8 Å². The Bertz CT molecular complexity index is 1300. The van der Waals surface area contributed by atoms with Gasteiger partial charge in [0, 0.05) is 9.69 Å². The van der Waals surface area contributed by atoms with Crippen LogP contribution in [0.1, 0.15) is 16.7 Å². The highest BCUT2D eigenvalue weighted by Crippen LogP contribution is 2.24. The third kappa shape index (κ3) is 3.02. The third-order valence-electron chi connectivity index (χ3n) is 5.28. The SMILES string of the molecule is O=C(Cc1ccc(Br)cc1)OC1=c2ccc3c4c(ccc3c2C=C1)=CC=CC4. The van der Waals surface area contributed by atoms with Gasteiger partial charge in [-0.05, 0) is 69.5 Å². The van der Waals surface area contributed by atoms with Crippen molar-refractivity contribution in [1.29, 1.82) is 0 Å². The van der Waals surface area contributed by atoms with Gasteiger partial charge < -0.3 is 4.74 Å². The quantitative estimate of drug-likeness (QED) is 0.577. The lowest BCUT2D eigenvalue weighted by Crippen LogP contribution is -2.15. The first-order valence-corrected chi connectivity index (χ1v) is 10.1. The van der Waals surface area contributed by atoms with Crippen molar-refractivity contribution in [1.82, 2.24) is 0 Å². The predicted octanol–water partition coefficient (Wildman–Crippen LogP) is 4.42. The summed E-state index contributed by atoms with van der Waals surface area (Å²) >= 11 is 3.41. The summed E-state index contributed by atoms with van der Waals surface area (Å²) in [6.45, 7) is 0. The Balaban J connectivity index is 1.50. The molecule has 0 heterocycles. The Kier molecular flexibility index (Phi) is 4.25. The fourth-order valence-corrected chi connectivity index (χ4v) is 4.17. The molecule has 0 saturated heterocycles. The lowest BCUT2D eigenvalue weighted by atomic mass is 9.94. The summed E-state index contributed by atoms with van der Waals surface area (Å²) in [5, 5.41) is 4.73. The van der Waals surface area contributed by atoms with E-state index in [9.17, 15) is 4.79 Å². The van der Waals surface area contributed by atoms with Crippen molar-refractivity contribution in [3.05, 3.63) is 98.4 Å². The fraction of sp³-hybridized carbons (Fsp3) is 0.0800. The van der Waals surface area contributed by atoms with E-state index >= 15 is 0 Å². The number of fused-ring (bicyclic) bond motifs is 5. The molecule has 0 amide bonds. The van der Waals surface area contributed by atoms with Crippen LogP contribution in [0.15, 0.2) is 71.2 Å². The molecule has 136 valence electrons. The minimum absolute atomic E-state index is 0.250. The Labute approximate surface area is 171 Å². The third-order valence-corrected chi connectivity index (χ3v) is 5.81. The van der Waals surface area contributed by atoms with Gasteiger partial charge in [0.25, 0.3) is 0 Å². The van der Waals surface area contributed by atoms with Crippen LogP contribution in [-0.2, 0) is 22.4 Å². The van der Waals surface area contributed by atoms with E-state index < -0.39 is 0 Å². The number of carbonyl (C=O) groups is 1. The second-order valence-corrected chi connectivity index (χ2v) is 7.94. The van der Waals surface area contributed by atoms with Gasteiger partial charge in [-0.15, -0.1) is 0 Å². The highest BCUT2D eigenvalue weighted by atomic mass is 79.9. The number of halogens is 1. The second kappa shape index (κ2) is 6.92. The molecule has 0 atom stereocenters. The average molecular weight is 429 g/mol. The van der Waals surface area contributed by atoms with E-state index in [2.05, 4.69) is 64.5 Å². The number of hydrogen-bond acceptors (Lipinski definition) is 2. The molecule has 5 rings (SSSR count). The Morgan fingerprint density at radius 2 is 1.79 bits per heavy atom. The van der Waals surface area contributed by atoms with E-state index in [0.717, 1.165) is 27.2 Å². The molecule has 2 aliphatic carbocycles. The molecular weight excluding hydrogens is 412 g/mol. The van der Waals surface area contributed by atoms with Gasteiger partial charge in [0.15, 0.2) is 0 Å². The average Bonchev–Trinajstić information content (AvgIpc) is 3.12. The zero-order valence-electron chi connectivity index (χ0n) is 15.1. The molecule has 3 aromatic carbocycles. The molecule has 0 aliphatic heterocycles. The monoisotopic (exact) mass is 428 g/mol. The van der Waals surface area contributed by atoms with Crippen LogP contribution in [0.2, 0.25) is 0 Å². The van der Waals surface area contributed by atoms with Crippen molar-refractivity contribution >= 4 is 50.6 Å². The number of benzene rings is 3. The highest BCUT2D eigenvalue weighted by Gasteiger charge is 2.15. The van der Waals surface area contributed by atoms with Crippen LogP contribution in [0.5, 0.6) is 0 Å². The summed E-state index contributed by atoms with van der Waals surface area (Å²) in [6.07, 6.45) is 11.6. The first kappa shape index (κ1) is 17.2. The van der Waals surface area contributed by atoms with Crippen LogP contribution < -0.4 is 10.4 Å². The molecule has 0 bridgehead atoms. The highest BCUT2D eigenvalue weighted by molar-refractivity contribution is 9.10. The second-order valence-electron chi connectivity index (χ2n) is 7.03. The summed E-state index contributed by atoms with van der Waals surface area (Å²) in [4.78, 5) is 12.4. The van der Waals surface area contributed by atoms with E-state index in [-0.39, 0.29) is 12.4 Å². The number of allylic oxidation sites excluding steroid dienone is 2. The normalized spacial score (nSPS) is 14.0. The molecule has 0 saturated carbocycles. The molecule has 2 aliphatic rings. The van der Waals surface area contributed by atoms with Gasteiger partial charge in [0.05, 0.1) is 6.42 Å². The van der Waals surface area contributed by atoms with E-state index in [1.54, 1.807) is 0 Å². The largest absolute Gasteiger partial charge is 0.426 e. The van der Waals surface area contributed by atoms with Gasteiger partial charge in [-0.25, -0.2) is 0 Å². The van der Waals surface area contributed by atoms with Crippen molar-refractivity contribution in [2.75, 3.05) is 0 Å². The maximum Gasteiger partial charge on any atom is 0.315 e. The maximum atomic E-state index is 12.4. The van der Waals surface area contributed by atoms with Crippen LogP contribution in [-0.4, -0.2) is 5.97 Å². The summed E-state index contributed by atoms with van der Waals surface area (Å²) in [6, 6.07) is 16.3. The number of carbonyl (C=O) groups excluding carboxylic acids is 1. The van der Waals surface area contributed by atoms with Crippen LogP contribution in [0.3, 0.4) is 0 Å². The van der Waals surface area contributed by atoms with Crippen molar-refractivity contribution in [2.24, 2.45) is 0 Å². The van der Waals surface area contributed by atoms with E-state index in [4.69, 9.17) is 4.74 Å². The molecular formula is C25H17BrO2. The molecule has 0 aromatic heterocycles. The fourth-order valence-electron chi connectivity index (χ4n) is 3.91. The van der Waals surface area contributed by atoms with E-state index in [1.165, 1.54) is 21.6 Å². The van der Waals surface area contributed by atoms with Crippen LogP contribution >= 0.6 is 15.9 Å². The number of rotatable bonds is 3. The molecule has 0 fully saturated rings. The van der Waals surface area contributed by atoms with Gasteiger partial charge >= 0.3 is 5.97 Å². The standard InChI is InChI=1S/C25H17BrO2/c26-18-8-5-16(6-9-18)15-25(27)28-24-14-13-22-21-10-7-17-3-1-2-4-19(17)20(21)11-12-23(22)24/h1-3,5-14H,4,15H2. The van der Waals surface area contributed by atoms with Crippen LogP contribution in [0.4, 0.5) is 0 Å². The van der Waals surface area contributed by atoms with Gasteiger partial charge in [-0.2, -0.15) is 0 Å². The topological polar surface area (TPSA) is 26.3 Å². The molecule has 2 nitrogen and oxygen atoms in total. The number of hydrogen-bond donors (Lipinski definition) is 0. The molecule has 0 spiro atoms. The molecule has 0 unspecified atom stereocenters. The summed E-state index contributed by atoms with van der Waals surface area (Å²) in [5.74, 6) is 0.378. The zero-order chi connectivity index (χ0) is 19.1. The molecule has 0 radical (unpaired) electrons. The van der Waals surface area contributed by atoms with E-state index in [0.29, 0.717) is 5.76 Å². The summed E-state index contributed by atoms with van der Waals surface area (Å²) in [7, 11) is 0. The first-order valence-electron chi connectivity index (χ1n) is 9.28. The molecule has 3 aromatic rings. The van der Waals surface area contributed by atoms with E-state index in [1.807, 2.05) is 30.3 Å². The van der Waals surface area contributed by atoms with Crippen molar-refractivity contribution in [3.63, 3.8) is 0 Å². The van der Waals surface area contributed by atoms with Gasteiger partial charge in [0.2, 0.25) is 0 Å². The van der Waals surface area contributed by atoms with Crippen LogP contribution in [0.25, 0.3) is 28.7 Å². The van der Waals surface area contributed by atoms with Gasteiger partial charge in [0.1, 0.15) is 5.76 Å². The maximum absolute atomic E-state index is 12.4. The van der Waals surface area contributed by atoms with Gasteiger partial charge in [-0.1, -0.05) is 64.5 Å². The minimum atomic E-state index is -0.250. The zero-order valence-corrected chi connectivity index (χ0v) is 16.7. The Hall–Kier alpha value is -2.91. The van der Waals surface area contributed by atoms with Crippen molar-refractivity contribution < 1.29 is 9.53 Å². The molecule has 0 N–H and O–H groups in total. The predicted molar refractivity (Wildman–Crippen MR) is 117 cm³/mol. The summed E-state index contributed by atoms with van der Waals surface area (Å²) < 4.78 is 6.69. The van der Waals surface area contributed by atoms with Gasteiger partial charge in [-0.3, -0.25) is 4.79 Å². The lowest BCUT2D eigenvalue weighted by molar-refractivity contribution is -0.135. The number of esters is 1. The molecule has 3 heteroatoms. The Morgan fingerprint density at radius 3 is 2.64 bits per heavy atom. The smallest absolute Gasteiger partial charge is 0.315 e. The van der Waals surface area contributed by atoms with Crippen molar-refractivity contribution in [3.8, 4) is 0 Å². The Morgan fingerprint density at radius 1 is 0.964 bits per heavy atom. The minimum Gasteiger partial charge on any atom is -0.426 e. The van der Waals surface area contributed by atoms with Crippen LogP contribution in [0, 0.1) is 0 Å². The number of ether oxygens (including phenoxy) is 1. The lowest BCUT2D eigenvalue weighted by Gasteiger charge is -2.10. The molecule has 28 heavy (non-hydrogen) atoms.